The number of hydrogen-bond acceptors (Lipinski definition) is 5. The van der Waals surface area contributed by atoms with Gasteiger partial charge in [-0.2, -0.15) is 0 Å². The average Bonchev–Trinajstić information content (AvgIpc) is 3.31. The molecule has 1 aliphatic carbocycles. The van der Waals surface area contributed by atoms with E-state index in [1.54, 1.807) is 11.3 Å². The van der Waals surface area contributed by atoms with E-state index in [0.29, 0.717) is 21.8 Å². The molecule has 1 aromatic carbocycles. The molecule has 1 fully saturated rings. The number of hydrogen-bond donors (Lipinski definition) is 0. The fraction of sp³-hybridized carbons (Fsp3) is 0.480. The molecule has 3 aromatic rings. The van der Waals surface area contributed by atoms with Gasteiger partial charge in [0.1, 0.15) is 0 Å². The van der Waals surface area contributed by atoms with Crippen LogP contribution in [0.5, 0.6) is 0 Å². The summed E-state index contributed by atoms with van der Waals surface area (Å²) in [6.45, 7) is 2.92. The largest absolute Gasteiger partial charge is 0.335 e. The SMILES string of the molecule is CCC1c2ccsc2CCN1C(=O)CSc1nc2ccccc2c(=O)n1C1CCCCC1. The van der Waals surface area contributed by atoms with Crippen molar-refractivity contribution in [1.82, 2.24) is 14.5 Å². The Bertz CT molecular complexity index is 1180. The second kappa shape index (κ2) is 9.40. The van der Waals surface area contributed by atoms with Gasteiger partial charge in [0.05, 0.1) is 22.7 Å². The number of amides is 1. The van der Waals surface area contributed by atoms with E-state index in [0.717, 1.165) is 45.1 Å². The van der Waals surface area contributed by atoms with Crippen LogP contribution in [0, 0.1) is 0 Å². The number of nitrogens with zero attached hydrogens (tertiary/aromatic N) is 3. The fourth-order valence-corrected chi connectivity index (χ4v) is 7.11. The molecule has 1 amide bonds. The van der Waals surface area contributed by atoms with Crippen LogP contribution < -0.4 is 5.56 Å². The highest BCUT2D eigenvalue weighted by molar-refractivity contribution is 7.99. The van der Waals surface area contributed by atoms with Crippen molar-refractivity contribution < 1.29 is 4.79 Å². The van der Waals surface area contributed by atoms with Gasteiger partial charge in [-0.15, -0.1) is 11.3 Å². The Morgan fingerprint density at radius 3 is 2.81 bits per heavy atom. The number of carbonyl (C=O) groups is 1. The highest BCUT2D eigenvalue weighted by atomic mass is 32.2. The highest BCUT2D eigenvalue weighted by Gasteiger charge is 2.31. The Balaban J connectivity index is 1.42. The zero-order valence-corrected chi connectivity index (χ0v) is 20.1. The van der Waals surface area contributed by atoms with Crippen molar-refractivity contribution >= 4 is 39.9 Å². The van der Waals surface area contributed by atoms with Gasteiger partial charge in [-0.1, -0.05) is 50.1 Å². The molecule has 0 saturated heterocycles. The Hall–Kier alpha value is -2.12. The number of carbonyl (C=O) groups excluding carboxylic acids is 1. The van der Waals surface area contributed by atoms with Crippen LogP contribution in [0.4, 0.5) is 0 Å². The Morgan fingerprint density at radius 2 is 2.00 bits per heavy atom. The molecule has 0 N–H and O–H groups in total. The summed E-state index contributed by atoms with van der Waals surface area (Å²) in [6.07, 6.45) is 7.37. The molecule has 2 aliphatic rings. The normalized spacial score (nSPS) is 19.3. The number of aromatic nitrogens is 2. The minimum atomic E-state index is 0.0322. The molecular formula is C25H29N3O2S2. The predicted molar refractivity (Wildman–Crippen MR) is 132 cm³/mol. The minimum absolute atomic E-state index is 0.0322. The summed E-state index contributed by atoms with van der Waals surface area (Å²) < 4.78 is 1.89. The van der Waals surface area contributed by atoms with Crippen molar-refractivity contribution in [3.63, 3.8) is 0 Å². The predicted octanol–water partition coefficient (Wildman–Crippen LogP) is 5.59. The van der Waals surface area contributed by atoms with Crippen LogP contribution in [-0.4, -0.2) is 32.7 Å². The van der Waals surface area contributed by atoms with Crippen molar-refractivity contribution in [2.75, 3.05) is 12.3 Å². The number of para-hydroxylation sites is 1. The van der Waals surface area contributed by atoms with Crippen molar-refractivity contribution in [2.24, 2.45) is 0 Å². The molecule has 2 aromatic heterocycles. The first-order chi connectivity index (χ1) is 15.7. The molecule has 0 bridgehead atoms. The van der Waals surface area contributed by atoms with E-state index in [1.165, 1.54) is 28.6 Å². The molecule has 0 radical (unpaired) electrons. The molecule has 32 heavy (non-hydrogen) atoms. The second-order valence-electron chi connectivity index (χ2n) is 8.73. The summed E-state index contributed by atoms with van der Waals surface area (Å²) in [5, 5.41) is 3.49. The van der Waals surface area contributed by atoms with E-state index in [-0.39, 0.29) is 23.6 Å². The Morgan fingerprint density at radius 1 is 1.19 bits per heavy atom. The highest BCUT2D eigenvalue weighted by Crippen LogP contribution is 2.36. The van der Waals surface area contributed by atoms with Gasteiger partial charge < -0.3 is 4.90 Å². The second-order valence-corrected chi connectivity index (χ2v) is 10.7. The van der Waals surface area contributed by atoms with Crippen molar-refractivity contribution in [2.45, 2.75) is 69.1 Å². The molecule has 1 atom stereocenters. The minimum Gasteiger partial charge on any atom is -0.335 e. The van der Waals surface area contributed by atoms with E-state index in [2.05, 4.69) is 18.4 Å². The van der Waals surface area contributed by atoms with Gasteiger partial charge in [0.25, 0.3) is 5.56 Å². The molecule has 5 nitrogen and oxygen atoms in total. The number of thiophene rings is 1. The monoisotopic (exact) mass is 467 g/mol. The number of rotatable bonds is 5. The van der Waals surface area contributed by atoms with E-state index >= 15 is 0 Å². The van der Waals surface area contributed by atoms with Gasteiger partial charge in [0.15, 0.2) is 5.16 Å². The quantitative estimate of drug-likeness (QED) is 0.362. The standard InChI is InChI=1S/C25H29N3O2S2/c1-2-21-19-13-15-31-22(19)12-14-27(21)23(29)16-32-25-26-20-11-7-6-10-18(20)24(30)28(25)17-8-4-3-5-9-17/h6-7,10-11,13,15,17,21H,2-5,8-9,12,14,16H2,1H3. The maximum absolute atomic E-state index is 13.4. The lowest BCUT2D eigenvalue weighted by molar-refractivity contribution is -0.131. The van der Waals surface area contributed by atoms with E-state index in [9.17, 15) is 9.59 Å². The zero-order chi connectivity index (χ0) is 22.1. The van der Waals surface area contributed by atoms with Crippen LogP contribution in [0.25, 0.3) is 10.9 Å². The molecule has 1 saturated carbocycles. The average molecular weight is 468 g/mol. The molecule has 1 aliphatic heterocycles. The number of fused-ring (bicyclic) bond motifs is 2. The van der Waals surface area contributed by atoms with Gasteiger partial charge in [-0.05, 0) is 54.8 Å². The van der Waals surface area contributed by atoms with Gasteiger partial charge >= 0.3 is 0 Å². The van der Waals surface area contributed by atoms with E-state index in [1.807, 2.05) is 33.7 Å². The number of benzene rings is 1. The van der Waals surface area contributed by atoms with Crippen molar-refractivity contribution in [3.8, 4) is 0 Å². The lowest BCUT2D eigenvalue weighted by Gasteiger charge is -2.35. The topological polar surface area (TPSA) is 55.2 Å². The first-order valence-electron chi connectivity index (χ1n) is 11.7. The third-order valence-corrected chi connectivity index (χ3v) is 8.78. The summed E-state index contributed by atoms with van der Waals surface area (Å²) in [7, 11) is 0. The molecule has 5 rings (SSSR count). The van der Waals surface area contributed by atoms with Crippen LogP contribution in [-0.2, 0) is 11.2 Å². The summed E-state index contributed by atoms with van der Waals surface area (Å²) in [4.78, 5) is 35.0. The molecule has 0 spiro atoms. The smallest absolute Gasteiger partial charge is 0.262 e. The zero-order valence-electron chi connectivity index (χ0n) is 18.5. The fourth-order valence-electron chi connectivity index (χ4n) is 5.23. The third-order valence-electron chi connectivity index (χ3n) is 6.84. The summed E-state index contributed by atoms with van der Waals surface area (Å²) >= 11 is 3.23. The van der Waals surface area contributed by atoms with E-state index in [4.69, 9.17) is 4.98 Å². The lowest BCUT2D eigenvalue weighted by Crippen LogP contribution is -2.40. The van der Waals surface area contributed by atoms with Crippen LogP contribution in [0.15, 0.2) is 45.7 Å². The van der Waals surface area contributed by atoms with Crippen LogP contribution in [0.3, 0.4) is 0 Å². The van der Waals surface area contributed by atoms with Crippen LogP contribution >= 0.6 is 23.1 Å². The molecule has 7 heteroatoms. The summed E-state index contributed by atoms with van der Waals surface area (Å²) in [6, 6.07) is 10.1. The first kappa shape index (κ1) is 21.7. The maximum Gasteiger partial charge on any atom is 0.262 e. The third kappa shape index (κ3) is 4.01. The van der Waals surface area contributed by atoms with Crippen molar-refractivity contribution in [3.05, 3.63) is 56.5 Å². The van der Waals surface area contributed by atoms with Crippen LogP contribution in [0.2, 0.25) is 0 Å². The van der Waals surface area contributed by atoms with Crippen LogP contribution in [0.1, 0.15) is 68.0 Å². The Labute approximate surface area is 196 Å². The molecule has 1 unspecified atom stereocenters. The maximum atomic E-state index is 13.4. The number of thioether (sulfide) groups is 1. The van der Waals surface area contributed by atoms with Gasteiger partial charge in [0, 0.05) is 17.5 Å². The van der Waals surface area contributed by atoms with E-state index < -0.39 is 0 Å². The molecule has 168 valence electrons. The molecule has 3 heterocycles. The van der Waals surface area contributed by atoms with Crippen molar-refractivity contribution in [1.29, 1.82) is 0 Å². The van der Waals surface area contributed by atoms with Gasteiger partial charge in [-0.25, -0.2) is 4.98 Å². The van der Waals surface area contributed by atoms with Gasteiger partial charge in [0.2, 0.25) is 5.91 Å². The summed E-state index contributed by atoms with van der Waals surface area (Å²) in [5.41, 5.74) is 2.06. The lowest BCUT2D eigenvalue weighted by atomic mass is 9.95. The molecular weight excluding hydrogens is 438 g/mol. The summed E-state index contributed by atoms with van der Waals surface area (Å²) in [5.74, 6) is 0.448. The first-order valence-corrected chi connectivity index (χ1v) is 13.5. The van der Waals surface area contributed by atoms with Gasteiger partial charge in [-0.3, -0.25) is 14.2 Å². The Kier molecular flexibility index (Phi) is 6.37.